The fraction of sp³-hybridized carbons (Fsp3) is 0.889. The van der Waals surface area contributed by atoms with Gasteiger partial charge in [-0.1, -0.05) is 0 Å². The molecule has 0 aliphatic carbocycles. The predicted octanol–water partition coefficient (Wildman–Crippen LogP) is 0.809. The maximum atomic E-state index is 11.7. The number of hydrogen-bond acceptors (Lipinski definition) is 3. The molecule has 0 bridgehead atoms. The number of amides is 1. The number of hydrogen-bond donors (Lipinski definition) is 2. The van der Waals surface area contributed by atoms with Gasteiger partial charge in [0.05, 0.1) is 6.61 Å². The molecule has 0 rings (SSSR count). The molecule has 1 amide bonds. The van der Waals surface area contributed by atoms with Crippen LogP contribution in [-0.4, -0.2) is 37.9 Å². The molecule has 0 heterocycles. The van der Waals surface area contributed by atoms with Gasteiger partial charge in [-0.3, -0.25) is 4.79 Å². The van der Waals surface area contributed by atoms with Gasteiger partial charge in [0, 0.05) is 12.5 Å². The Kier molecular flexibility index (Phi) is 7.07. The van der Waals surface area contributed by atoms with E-state index in [1.54, 1.807) is 6.92 Å². The summed E-state index contributed by atoms with van der Waals surface area (Å²) in [5.41, 5.74) is 5.21. The van der Waals surface area contributed by atoms with E-state index in [0.717, 1.165) is 0 Å². The highest BCUT2D eigenvalue weighted by Crippen LogP contribution is 2.14. The van der Waals surface area contributed by atoms with Crippen molar-refractivity contribution in [2.24, 2.45) is 5.73 Å². The van der Waals surface area contributed by atoms with E-state index in [1.165, 1.54) is 0 Å². The van der Waals surface area contributed by atoms with Gasteiger partial charge in [0.1, 0.15) is 6.61 Å². The summed E-state index contributed by atoms with van der Waals surface area (Å²) in [6.45, 7) is 0.535. The molecule has 16 heavy (non-hydrogen) atoms. The molecule has 3 N–H and O–H groups in total. The zero-order chi connectivity index (χ0) is 12.6. The van der Waals surface area contributed by atoms with Crippen molar-refractivity contribution in [3.63, 3.8) is 0 Å². The van der Waals surface area contributed by atoms with Gasteiger partial charge in [-0.05, 0) is 19.9 Å². The molecule has 1 unspecified atom stereocenters. The van der Waals surface area contributed by atoms with Crippen molar-refractivity contribution in [2.45, 2.75) is 32.0 Å². The van der Waals surface area contributed by atoms with E-state index in [1.807, 2.05) is 0 Å². The normalized spacial score (nSPS) is 13.6. The van der Waals surface area contributed by atoms with Crippen LogP contribution in [-0.2, 0) is 9.53 Å². The van der Waals surface area contributed by atoms with Crippen molar-refractivity contribution in [1.82, 2.24) is 5.32 Å². The third-order valence-corrected chi connectivity index (χ3v) is 1.65. The van der Waals surface area contributed by atoms with Crippen LogP contribution in [0.4, 0.5) is 13.2 Å². The second-order valence-electron chi connectivity index (χ2n) is 3.49. The molecule has 0 aliphatic heterocycles. The summed E-state index contributed by atoms with van der Waals surface area (Å²) in [7, 11) is 0. The van der Waals surface area contributed by atoms with Crippen molar-refractivity contribution in [1.29, 1.82) is 0 Å². The first-order valence-corrected chi connectivity index (χ1v) is 4.99. The third-order valence-electron chi connectivity index (χ3n) is 1.65. The monoisotopic (exact) mass is 242 g/mol. The Labute approximate surface area is 92.3 Å². The number of alkyl halides is 3. The van der Waals surface area contributed by atoms with Crippen molar-refractivity contribution < 1.29 is 22.7 Å². The first-order chi connectivity index (χ1) is 7.35. The van der Waals surface area contributed by atoms with Gasteiger partial charge >= 0.3 is 6.18 Å². The van der Waals surface area contributed by atoms with Crippen LogP contribution < -0.4 is 11.1 Å². The zero-order valence-electron chi connectivity index (χ0n) is 9.14. The van der Waals surface area contributed by atoms with E-state index in [-0.39, 0.29) is 18.9 Å². The van der Waals surface area contributed by atoms with Crippen LogP contribution >= 0.6 is 0 Å². The van der Waals surface area contributed by atoms with Gasteiger partial charge in [0.25, 0.3) is 0 Å². The molecule has 0 radical (unpaired) electrons. The number of ether oxygens (including phenoxy) is 1. The SMILES string of the molecule is CC(COCC(F)(F)F)NC(=O)CCCN. The quantitative estimate of drug-likeness (QED) is 0.694. The highest BCUT2D eigenvalue weighted by Gasteiger charge is 2.27. The van der Waals surface area contributed by atoms with Gasteiger partial charge in [0.2, 0.25) is 5.91 Å². The Morgan fingerprint density at radius 3 is 2.62 bits per heavy atom. The largest absolute Gasteiger partial charge is 0.411 e. The van der Waals surface area contributed by atoms with Gasteiger partial charge in [-0.25, -0.2) is 0 Å². The summed E-state index contributed by atoms with van der Waals surface area (Å²) in [4.78, 5) is 11.1. The number of carbonyl (C=O) groups excluding carboxylic acids is 1. The molecule has 0 saturated heterocycles. The number of nitrogens with two attached hydrogens (primary N) is 1. The second kappa shape index (κ2) is 7.45. The van der Waals surface area contributed by atoms with Crippen LogP contribution in [0.15, 0.2) is 0 Å². The minimum absolute atomic E-state index is 0.159. The minimum Gasteiger partial charge on any atom is -0.370 e. The summed E-state index contributed by atoms with van der Waals surface area (Å²) in [6.07, 6.45) is -3.49. The Morgan fingerprint density at radius 1 is 1.50 bits per heavy atom. The van der Waals surface area contributed by atoms with Crippen LogP contribution in [0.2, 0.25) is 0 Å². The third kappa shape index (κ3) is 9.72. The van der Waals surface area contributed by atoms with Crippen molar-refractivity contribution in [3.05, 3.63) is 0 Å². The van der Waals surface area contributed by atoms with Crippen LogP contribution in [0.1, 0.15) is 19.8 Å². The summed E-state index contributed by atoms with van der Waals surface area (Å²) in [5.74, 6) is -0.228. The fourth-order valence-corrected chi connectivity index (χ4v) is 1.00. The van der Waals surface area contributed by atoms with Crippen molar-refractivity contribution >= 4 is 5.91 Å². The van der Waals surface area contributed by atoms with E-state index in [2.05, 4.69) is 10.1 Å². The summed E-state index contributed by atoms with van der Waals surface area (Å²) < 4.78 is 39.5. The Hall–Kier alpha value is -0.820. The van der Waals surface area contributed by atoms with Gasteiger partial charge in [0.15, 0.2) is 0 Å². The Morgan fingerprint density at radius 2 is 2.12 bits per heavy atom. The fourth-order valence-electron chi connectivity index (χ4n) is 1.00. The number of rotatable bonds is 7. The summed E-state index contributed by atoms with van der Waals surface area (Å²) in [6, 6.07) is -0.437. The van der Waals surface area contributed by atoms with E-state index >= 15 is 0 Å². The number of carbonyl (C=O) groups is 1. The predicted molar refractivity (Wildman–Crippen MR) is 52.8 cm³/mol. The molecule has 0 aliphatic rings. The molecule has 0 spiro atoms. The molecular formula is C9H17F3N2O2. The highest BCUT2D eigenvalue weighted by atomic mass is 19.4. The lowest BCUT2D eigenvalue weighted by atomic mass is 10.2. The van der Waals surface area contributed by atoms with E-state index in [9.17, 15) is 18.0 Å². The Balaban J connectivity index is 3.58. The maximum absolute atomic E-state index is 11.7. The average molecular weight is 242 g/mol. The first kappa shape index (κ1) is 15.2. The molecule has 0 aromatic rings. The molecule has 7 heteroatoms. The average Bonchev–Trinajstić information content (AvgIpc) is 2.12. The first-order valence-electron chi connectivity index (χ1n) is 4.99. The Bertz CT molecular complexity index is 209. The van der Waals surface area contributed by atoms with Crippen LogP contribution in [0.5, 0.6) is 0 Å². The van der Waals surface area contributed by atoms with Gasteiger partial charge in [-0.2, -0.15) is 13.2 Å². The van der Waals surface area contributed by atoms with Gasteiger partial charge < -0.3 is 15.8 Å². The molecule has 4 nitrogen and oxygen atoms in total. The smallest absolute Gasteiger partial charge is 0.370 e. The molecule has 0 fully saturated rings. The lowest BCUT2D eigenvalue weighted by Crippen LogP contribution is -2.36. The number of halogens is 3. The van der Waals surface area contributed by atoms with Gasteiger partial charge in [-0.15, -0.1) is 0 Å². The zero-order valence-corrected chi connectivity index (χ0v) is 9.14. The topological polar surface area (TPSA) is 64.3 Å². The lowest BCUT2D eigenvalue weighted by molar-refractivity contribution is -0.175. The minimum atomic E-state index is -4.33. The van der Waals surface area contributed by atoms with Crippen molar-refractivity contribution in [2.75, 3.05) is 19.8 Å². The highest BCUT2D eigenvalue weighted by molar-refractivity contribution is 5.76. The summed E-state index contributed by atoms with van der Waals surface area (Å²) >= 11 is 0. The van der Waals surface area contributed by atoms with E-state index < -0.39 is 18.8 Å². The van der Waals surface area contributed by atoms with Crippen LogP contribution in [0.3, 0.4) is 0 Å². The maximum Gasteiger partial charge on any atom is 0.411 e. The van der Waals surface area contributed by atoms with Crippen LogP contribution in [0, 0.1) is 0 Å². The number of nitrogens with one attached hydrogen (secondary N) is 1. The van der Waals surface area contributed by atoms with E-state index in [0.29, 0.717) is 13.0 Å². The van der Waals surface area contributed by atoms with E-state index in [4.69, 9.17) is 5.73 Å². The van der Waals surface area contributed by atoms with Crippen LogP contribution in [0.25, 0.3) is 0 Å². The molecule has 0 saturated carbocycles. The second-order valence-corrected chi connectivity index (χ2v) is 3.49. The molecule has 0 aromatic carbocycles. The molecule has 1 atom stereocenters. The molecular weight excluding hydrogens is 225 g/mol. The lowest BCUT2D eigenvalue weighted by Gasteiger charge is -2.15. The van der Waals surface area contributed by atoms with Crippen molar-refractivity contribution in [3.8, 4) is 0 Å². The summed E-state index contributed by atoms with van der Waals surface area (Å²) in [5, 5.41) is 2.51. The standard InChI is InChI=1S/C9H17F3N2O2/c1-7(5-16-6-9(10,11)12)14-8(15)3-2-4-13/h7H,2-6,13H2,1H3,(H,14,15). The molecule has 0 aromatic heterocycles. The molecule has 96 valence electrons.